The molecule has 0 aliphatic carbocycles. The standard InChI is InChI=1S/C13H13BrClNOS2/c1-2-3-4-11-12(17)16(13(18)19-11)8-5-6-9(14)10(15)7-8/h5-7,11H,2-4H2,1H3. The molecule has 0 bridgehead atoms. The van der Waals surface area contributed by atoms with Gasteiger partial charge in [0.2, 0.25) is 5.91 Å². The number of halogens is 2. The van der Waals surface area contributed by atoms with Gasteiger partial charge in [-0.25, -0.2) is 0 Å². The molecule has 19 heavy (non-hydrogen) atoms. The Hall–Kier alpha value is -0.100. The van der Waals surface area contributed by atoms with Crippen molar-refractivity contribution in [3.63, 3.8) is 0 Å². The number of thiocarbonyl (C=S) groups is 1. The van der Waals surface area contributed by atoms with E-state index in [4.69, 9.17) is 23.8 Å². The molecule has 2 nitrogen and oxygen atoms in total. The van der Waals surface area contributed by atoms with Gasteiger partial charge in [-0.1, -0.05) is 55.3 Å². The molecule has 0 saturated carbocycles. The lowest BCUT2D eigenvalue weighted by molar-refractivity contribution is -0.117. The van der Waals surface area contributed by atoms with E-state index in [-0.39, 0.29) is 11.2 Å². The number of benzene rings is 1. The van der Waals surface area contributed by atoms with Crippen molar-refractivity contribution in [2.45, 2.75) is 31.4 Å². The SMILES string of the molecule is CCCCC1SC(=S)N(c2ccc(Br)c(Cl)c2)C1=O. The van der Waals surface area contributed by atoms with E-state index in [9.17, 15) is 4.79 Å². The largest absolute Gasteiger partial charge is 0.273 e. The number of hydrogen-bond acceptors (Lipinski definition) is 3. The van der Waals surface area contributed by atoms with Crippen LogP contribution in [0.5, 0.6) is 0 Å². The Labute approximate surface area is 136 Å². The summed E-state index contributed by atoms with van der Waals surface area (Å²) < 4.78 is 1.43. The molecule has 1 saturated heterocycles. The fourth-order valence-corrected chi connectivity index (χ4v) is 3.89. The smallest absolute Gasteiger partial charge is 0.246 e. The molecule has 102 valence electrons. The second kappa shape index (κ2) is 6.57. The Bertz CT molecular complexity index is 523. The number of rotatable bonds is 4. The quantitative estimate of drug-likeness (QED) is 0.686. The van der Waals surface area contributed by atoms with Gasteiger partial charge in [0.15, 0.2) is 0 Å². The Kier molecular flexibility index (Phi) is 5.29. The predicted molar refractivity (Wildman–Crippen MR) is 90.1 cm³/mol. The molecule has 1 aromatic rings. The Morgan fingerprint density at radius 2 is 2.26 bits per heavy atom. The summed E-state index contributed by atoms with van der Waals surface area (Å²) in [4.78, 5) is 14.0. The van der Waals surface area contributed by atoms with Gasteiger partial charge in [0.25, 0.3) is 0 Å². The summed E-state index contributed by atoms with van der Waals surface area (Å²) in [6.45, 7) is 2.12. The molecule has 1 atom stereocenters. The number of amides is 1. The van der Waals surface area contributed by atoms with Gasteiger partial charge in [0.05, 0.1) is 16.0 Å². The second-order valence-corrected chi connectivity index (χ2v) is 7.38. The van der Waals surface area contributed by atoms with Crippen LogP contribution in [0.4, 0.5) is 5.69 Å². The molecule has 1 unspecified atom stereocenters. The number of carbonyl (C=O) groups is 1. The third-order valence-corrected chi connectivity index (χ3v) is 5.71. The van der Waals surface area contributed by atoms with Crippen LogP contribution in [0.3, 0.4) is 0 Å². The van der Waals surface area contributed by atoms with Crippen LogP contribution >= 0.6 is 51.5 Å². The van der Waals surface area contributed by atoms with E-state index in [0.29, 0.717) is 9.34 Å². The zero-order valence-electron chi connectivity index (χ0n) is 10.4. The molecule has 0 radical (unpaired) electrons. The molecule has 1 aromatic carbocycles. The molecule has 0 N–H and O–H groups in total. The number of nitrogens with zero attached hydrogens (tertiary/aromatic N) is 1. The van der Waals surface area contributed by atoms with E-state index in [1.165, 1.54) is 11.8 Å². The van der Waals surface area contributed by atoms with E-state index < -0.39 is 0 Å². The average Bonchev–Trinajstić information content (AvgIpc) is 2.65. The summed E-state index contributed by atoms with van der Waals surface area (Å²) in [5.41, 5.74) is 0.745. The van der Waals surface area contributed by atoms with Gasteiger partial charge >= 0.3 is 0 Å². The molecule has 6 heteroatoms. The molecule has 0 aromatic heterocycles. The van der Waals surface area contributed by atoms with E-state index in [1.54, 1.807) is 11.0 Å². The van der Waals surface area contributed by atoms with Crippen LogP contribution < -0.4 is 4.90 Å². The van der Waals surface area contributed by atoms with E-state index >= 15 is 0 Å². The first-order valence-corrected chi connectivity index (χ1v) is 8.50. The van der Waals surface area contributed by atoms with Gasteiger partial charge in [0, 0.05) is 4.47 Å². The molecule has 0 spiro atoms. The molecule has 1 heterocycles. The van der Waals surface area contributed by atoms with Gasteiger partial charge in [-0.2, -0.15) is 0 Å². The summed E-state index contributed by atoms with van der Waals surface area (Å²) in [6, 6.07) is 5.44. The number of carbonyl (C=O) groups excluding carboxylic acids is 1. The highest BCUT2D eigenvalue weighted by Crippen LogP contribution is 2.36. The molecular formula is C13H13BrClNOS2. The van der Waals surface area contributed by atoms with Crippen molar-refractivity contribution >= 4 is 67.4 Å². The van der Waals surface area contributed by atoms with Crippen molar-refractivity contribution < 1.29 is 4.79 Å². The monoisotopic (exact) mass is 377 g/mol. The van der Waals surface area contributed by atoms with Gasteiger partial charge in [0.1, 0.15) is 4.32 Å². The lowest BCUT2D eigenvalue weighted by Crippen LogP contribution is -2.31. The van der Waals surface area contributed by atoms with E-state index in [2.05, 4.69) is 22.9 Å². The van der Waals surface area contributed by atoms with Crippen molar-refractivity contribution in [3.8, 4) is 0 Å². The topological polar surface area (TPSA) is 20.3 Å². The van der Waals surface area contributed by atoms with Crippen molar-refractivity contribution in [1.29, 1.82) is 0 Å². The summed E-state index contributed by atoms with van der Waals surface area (Å²) >= 11 is 16.2. The first-order chi connectivity index (χ1) is 9.04. The Morgan fingerprint density at radius 3 is 2.89 bits per heavy atom. The van der Waals surface area contributed by atoms with Crippen LogP contribution in [0.1, 0.15) is 26.2 Å². The minimum atomic E-state index is -0.0464. The number of unbranched alkanes of at least 4 members (excludes halogenated alkanes) is 1. The van der Waals surface area contributed by atoms with Gasteiger partial charge in [-0.15, -0.1) is 0 Å². The van der Waals surface area contributed by atoms with Crippen molar-refractivity contribution in [2.24, 2.45) is 0 Å². The second-order valence-electron chi connectivity index (χ2n) is 4.29. The highest BCUT2D eigenvalue weighted by Gasteiger charge is 2.37. The minimum Gasteiger partial charge on any atom is -0.273 e. The Morgan fingerprint density at radius 1 is 1.53 bits per heavy atom. The van der Waals surface area contributed by atoms with E-state index in [0.717, 1.165) is 29.4 Å². The molecule has 2 rings (SSSR count). The third kappa shape index (κ3) is 3.32. The van der Waals surface area contributed by atoms with Crippen molar-refractivity contribution in [3.05, 3.63) is 27.7 Å². The number of hydrogen-bond donors (Lipinski definition) is 0. The van der Waals surface area contributed by atoms with Crippen LogP contribution in [0, 0.1) is 0 Å². The summed E-state index contributed by atoms with van der Waals surface area (Å²) in [5, 5.41) is 0.532. The highest BCUT2D eigenvalue weighted by molar-refractivity contribution is 9.10. The maximum atomic E-state index is 12.4. The first-order valence-electron chi connectivity index (χ1n) is 6.04. The predicted octanol–water partition coefficient (Wildman–Crippen LogP) is 5.03. The lowest BCUT2D eigenvalue weighted by atomic mass is 10.2. The zero-order valence-corrected chi connectivity index (χ0v) is 14.3. The maximum Gasteiger partial charge on any atom is 0.246 e. The van der Waals surface area contributed by atoms with Gasteiger partial charge in [-0.3, -0.25) is 9.69 Å². The van der Waals surface area contributed by atoms with Crippen molar-refractivity contribution in [2.75, 3.05) is 4.90 Å². The van der Waals surface area contributed by atoms with E-state index in [1.807, 2.05) is 12.1 Å². The minimum absolute atomic E-state index is 0.0464. The van der Waals surface area contributed by atoms with Crippen LogP contribution in [-0.2, 0) is 4.79 Å². The summed E-state index contributed by atoms with van der Waals surface area (Å²) in [6.07, 6.45) is 3.00. The maximum absolute atomic E-state index is 12.4. The molecule has 1 fully saturated rings. The van der Waals surface area contributed by atoms with Crippen LogP contribution in [0.2, 0.25) is 5.02 Å². The molecule has 1 aliphatic heterocycles. The molecular weight excluding hydrogens is 366 g/mol. The first kappa shape index (κ1) is 15.3. The van der Waals surface area contributed by atoms with Crippen molar-refractivity contribution in [1.82, 2.24) is 0 Å². The fourth-order valence-electron chi connectivity index (χ4n) is 1.89. The van der Waals surface area contributed by atoms with Gasteiger partial charge < -0.3 is 0 Å². The zero-order chi connectivity index (χ0) is 14.0. The fraction of sp³-hybridized carbons (Fsp3) is 0.385. The van der Waals surface area contributed by atoms with Crippen LogP contribution in [0.25, 0.3) is 0 Å². The normalized spacial score (nSPS) is 19.3. The number of anilines is 1. The summed E-state index contributed by atoms with van der Waals surface area (Å²) in [7, 11) is 0. The van der Waals surface area contributed by atoms with Crippen LogP contribution in [0.15, 0.2) is 22.7 Å². The Balaban J connectivity index is 2.22. The molecule has 1 aliphatic rings. The van der Waals surface area contributed by atoms with Crippen LogP contribution in [-0.4, -0.2) is 15.5 Å². The third-order valence-electron chi connectivity index (χ3n) is 2.90. The molecule has 1 amide bonds. The highest BCUT2D eigenvalue weighted by atomic mass is 79.9. The van der Waals surface area contributed by atoms with Gasteiger partial charge in [-0.05, 0) is 40.5 Å². The average molecular weight is 379 g/mol. The number of thioether (sulfide) groups is 1. The lowest BCUT2D eigenvalue weighted by Gasteiger charge is -2.16. The summed E-state index contributed by atoms with van der Waals surface area (Å²) in [5.74, 6) is 0.0711.